The number of nitrogens with one attached hydrogen (secondary N) is 1. The molecule has 25 heavy (non-hydrogen) atoms. The normalized spacial score (nSPS) is 28.3. The summed E-state index contributed by atoms with van der Waals surface area (Å²) in [5, 5.41) is 3.11. The number of carbonyl (C=O) groups is 1. The van der Waals surface area contributed by atoms with Gasteiger partial charge in [-0.05, 0) is 69.1 Å². The lowest BCUT2D eigenvalue weighted by Crippen LogP contribution is -2.48. The average Bonchev–Trinajstić information content (AvgIpc) is 2.53. The second-order valence-electron chi connectivity index (χ2n) is 7.75. The van der Waals surface area contributed by atoms with Crippen LogP contribution >= 0.6 is 12.4 Å². The highest BCUT2D eigenvalue weighted by molar-refractivity contribution is 5.92. The SMILES string of the molecule is CC(C)OCc1cccc(NC(=O)C2CC3CCCC(C2)C3N)c1.Cl. The number of benzene rings is 1. The predicted molar refractivity (Wildman–Crippen MR) is 104 cm³/mol. The van der Waals surface area contributed by atoms with Crippen LogP contribution in [0, 0.1) is 17.8 Å². The number of rotatable bonds is 5. The molecular weight excluding hydrogens is 336 g/mol. The van der Waals surface area contributed by atoms with Gasteiger partial charge in [-0.1, -0.05) is 18.6 Å². The van der Waals surface area contributed by atoms with E-state index in [2.05, 4.69) is 5.32 Å². The predicted octanol–water partition coefficient (Wildman–Crippen LogP) is 4.13. The highest BCUT2D eigenvalue weighted by Gasteiger charge is 2.40. The number of halogens is 1. The molecule has 2 bridgehead atoms. The van der Waals surface area contributed by atoms with Crippen LogP contribution in [0.3, 0.4) is 0 Å². The third-order valence-electron chi connectivity index (χ3n) is 5.56. The maximum atomic E-state index is 12.7. The molecule has 0 spiro atoms. The maximum absolute atomic E-state index is 12.7. The number of hydrogen-bond donors (Lipinski definition) is 2. The third-order valence-corrected chi connectivity index (χ3v) is 5.56. The minimum Gasteiger partial charge on any atom is -0.374 e. The van der Waals surface area contributed by atoms with Crippen molar-refractivity contribution in [1.29, 1.82) is 0 Å². The van der Waals surface area contributed by atoms with Crippen molar-refractivity contribution in [2.45, 2.75) is 64.7 Å². The van der Waals surface area contributed by atoms with E-state index in [4.69, 9.17) is 10.5 Å². The molecule has 2 fully saturated rings. The summed E-state index contributed by atoms with van der Waals surface area (Å²) in [6, 6.07) is 8.27. The molecule has 4 nitrogen and oxygen atoms in total. The maximum Gasteiger partial charge on any atom is 0.227 e. The molecule has 1 aromatic carbocycles. The molecule has 2 saturated carbocycles. The van der Waals surface area contributed by atoms with Crippen molar-refractivity contribution in [3.63, 3.8) is 0 Å². The Hall–Kier alpha value is -1.10. The first-order valence-corrected chi connectivity index (χ1v) is 9.30. The zero-order chi connectivity index (χ0) is 17.1. The molecule has 3 rings (SSSR count). The van der Waals surface area contributed by atoms with E-state index in [1.54, 1.807) is 0 Å². The standard InChI is InChI=1S/C20H30N2O2.ClH/c1-13(2)24-12-14-5-3-8-18(9-14)22-20(23)17-10-15-6-4-7-16(11-17)19(15)21;/h3,5,8-9,13,15-17,19H,4,6-7,10-12,21H2,1-2H3,(H,22,23);1H. The monoisotopic (exact) mass is 366 g/mol. The van der Waals surface area contributed by atoms with E-state index < -0.39 is 0 Å². The van der Waals surface area contributed by atoms with Crippen molar-refractivity contribution < 1.29 is 9.53 Å². The number of carbonyl (C=O) groups excluding carboxylic acids is 1. The lowest BCUT2D eigenvalue weighted by molar-refractivity contribution is -0.122. The van der Waals surface area contributed by atoms with E-state index in [0.29, 0.717) is 24.5 Å². The average molecular weight is 367 g/mol. The molecule has 3 N–H and O–H groups in total. The third kappa shape index (κ3) is 5.19. The first-order valence-electron chi connectivity index (χ1n) is 9.30. The van der Waals surface area contributed by atoms with Crippen LogP contribution in [0.1, 0.15) is 51.5 Å². The summed E-state index contributed by atoms with van der Waals surface area (Å²) in [4.78, 5) is 12.7. The summed E-state index contributed by atoms with van der Waals surface area (Å²) in [6.45, 7) is 4.62. The second-order valence-corrected chi connectivity index (χ2v) is 7.75. The minimum absolute atomic E-state index is 0. The van der Waals surface area contributed by atoms with Gasteiger partial charge in [-0.25, -0.2) is 0 Å². The van der Waals surface area contributed by atoms with Crippen molar-refractivity contribution in [3.8, 4) is 0 Å². The zero-order valence-corrected chi connectivity index (χ0v) is 16.1. The fourth-order valence-corrected chi connectivity index (χ4v) is 4.25. The molecule has 0 heterocycles. The van der Waals surface area contributed by atoms with Crippen molar-refractivity contribution in [1.82, 2.24) is 0 Å². The molecule has 2 aliphatic carbocycles. The number of fused-ring (bicyclic) bond motifs is 2. The first-order chi connectivity index (χ1) is 11.5. The van der Waals surface area contributed by atoms with Crippen LogP contribution in [0.25, 0.3) is 0 Å². The van der Waals surface area contributed by atoms with Crippen LogP contribution in [0.2, 0.25) is 0 Å². The van der Waals surface area contributed by atoms with E-state index in [1.165, 1.54) is 19.3 Å². The molecule has 2 aliphatic rings. The molecular formula is C20H31ClN2O2. The number of ether oxygens (including phenoxy) is 1. The largest absolute Gasteiger partial charge is 0.374 e. The van der Waals surface area contributed by atoms with Crippen molar-refractivity contribution in [2.24, 2.45) is 23.5 Å². The van der Waals surface area contributed by atoms with Gasteiger partial charge in [0.2, 0.25) is 5.91 Å². The van der Waals surface area contributed by atoms with Gasteiger partial charge in [0, 0.05) is 17.6 Å². The molecule has 2 atom stereocenters. The Morgan fingerprint density at radius 2 is 1.96 bits per heavy atom. The zero-order valence-electron chi connectivity index (χ0n) is 15.2. The molecule has 0 saturated heterocycles. The lowest BCUT2D eigenvalue weighted by atomic mass is 9.65. The van der Waals surface area contributed by atoms with Gasteiger partial charge in [-0.3, -0.25) is 4.79 Å². The molecule has 1 amide bonds. The summed E-state index contributed by atoms with van der Waals surface area (Å²) in [6.07, 6.45) is 5.73. The topological polar surface area (TPSA) is 64.3 Å². The molecule has 5 heteroatoms. The Morgan fingerprint density at radius 3 is 2.60 bits per heavy atom. The van der Waals surface area contributed by atoms with E-state index in [9.17, 15) is 4.79 Å². The highest BCUT2D eigenvalue weighted by atomic mass is 35.5. The van der Waals surface area contributed by atoms with Gasteiger partial charge >= 0.3 is 0 Å². The molecule has 2 unspecified atom stereocenters. The number of nitrogens with two attached hydrogens (primary N) is 1. The van der Waals surface area contributed by atoms with Crippen molar-refractivity contribution in [3.05, 3.63) is 29.8 Å². The summed E-state index contributed by atoms with van der Waals surface area (Å²) in [5.74, 6) is 1.31. The Labute approximate surface area is 157 Å². The summed E-state index contributed by atoms with van der Waals surface area (Å²) in [7, 11) is 0. The van der Waals surface area contributed by atoms with Crippen molar-refractivity contribution >= 4 is 24.0 Å². The lowest BCUT2D eigenvalue weighted by Gasteiger charge is -2.43. The van der Waals surface area contributed by atoms with E-state index in [0.717, 1.165) is 24.1 Å². The summed E-state index contributed by atoms with van der Waals surface area (Å²) in [5.41, 5.74) is 8.28. The van der Waals surface area contributed by atoms with E-state index >= 15 is 0 Å². The smallest absolute Gasteiger partial charge is 0.227 e. The molecule has 1 aromatic rings. The van der Waals surface area contributed by atoms with Gasteiger partial charge in [0.05, 0.1) is 12.7 Å². The minimum atomic E-state index is 0. The van der Waals surface area contributed by atoms with E-state index in [1.807, 2.05) is 38.1 Å². The molecule has 0 aromatic heterocycles. The first kappa shape index (κ1) is 20.2. The second kappa shape index (κ2) is 9.02. The van der Waals surface area contributed by atoms with E-state index in [-0.39, 0.29) is 30.3 Å². The summed E-state index contributed by atoms with van der Waals surface area (Å²) < 4.78 is 5.64. The number of amides is 1. The van der Waals surface area contributed by atoms with Crippen molar-refractivity contribution in [2.75, 3.05) is 5.32 Å². The van der Waals surface area contributed by atoms with Crippen LogP contribution in [-0.2, 0) is 16.1 Å². The van der Waals surface area contributed by atoms with Gasteiger partial charge in [-0.15, -0.1) is 12.4 Å². The van der Waals surface area contributed by atoms with Crippen LogP contribution in [0.5, 0.6) is 0 Å². The molecule has 0 radical (unpaired) electrons. The molecule has 0 aliphatic heterocycles. The van der Waals surface area contributed by atoms with Crippen LogP contribution < -0.4 is 11.1 Å². The Morgan fingerprint density at radius 1 is 1.28 bits per heavy atom. The molecule has 140 valence electrons. The van der Waals surface area contributed by atoms with Gasteiger partial charge in [-0.2, -0.15) is 0 Å². The summed E-state index contributed by atoms with van der Waals surface area (Å²) >= 11 is 0. The Balaban J connectivity index is 0.00000225. The Kier molecular flexibility index (Phi) is 7.29. The van der Waals surface area contributed by atoms with Crippen LogP contribution in [0.15, 0.2) is 24.3 Å². The number of anilines is 1. The van der Waals surface area contributed by atoms with Crippen LogP contribution in [0.4, 0.5) is 5.69 Å². The highest BCUT2D eigenvalue weighted by Crippen LogP contribution is 2.42. The van der Waals surface area contributed by atoms with Gasteiger partial charge < -0.3 is 15.8 Å². The van der Waals surface area contributed by atoms with Crippen LogP contribution in [-0.4, -0.2) is 18.1 Å². The Bertz CT molecular complexity index is 565. The quantitative estimate of drug-likeness (QED) is 0.823. The van der Waals surface area contributed by atoms with Gasteiger partial charge in [0.15, 0.2) is 0 Å². The van der Waals surface area contributed by atoms with Gasteiger partial charge in [0.25, 0.3) is 0 Å². The fraction of sp³-hybridized carbons (Fsp3) is 0.650. The fourth-order valence-electron chi connectivity index (χ4n) is 4.25. The number of hydrogen-bond acceptors (Lipinski definition) is 3. The van der Waals surface area contributed by atoms with Gasteiger partial charge in [0.1, 0.15) is 0 Å².